The molecule has 0 aliphatic heterocycles. The smallest absolute Gasteiger partial charge is 0.125 e. The molecule has 1 unspecified atom stereocenters. The second kappa shape index (κ2) is 5.01. The van der Waals surface area contributed by atoms with Gasteiger partial charge in [0, 0.05) is 18.6 Å². The summed E-state index contributed by atoms with van der Waals surface area (Å²) >= 11 is 0. The third kappa shape index (κ3) is 2.65. The van der Waals surface area contributed by atoms with Gasteiger partial charge < -0.3 is 5.32 Å². The van der Waals surface area contributed by atoms with Crippen molar-refractivity contribution in [3.8, 4) is 0 Å². The first-order valence-electron chi connectivity index (χ1n) is 5.59. The highest BCUT2D eigenvalue weighted by molar-refractivity contribution is 5.27. The molecule has 4 heteroatoms. The second-order valence-electron chi connectivity index (χ2n) is 4.05. The molecule has 2 aromatic rings. The average Bonchev–Trinajstić information content (AvgIpc) is 2.30. The summed E-state index contributed by atoms with van der Waals surface area (Å²) in [5, 5.41) is 3.26. The Bertz CT molecular complexity index is 465. The van der Waals surface area contributed by atoms with Crippen LogP contribution >= 0.6 is 0 Å². The van der Waals surface area contributed by atoms with Gasteiger partial charge in [0.05, 0.1) is 11.7 Å². The average molecular weight is 228 g/mol. The molecule has 0 aliphatic rings. The number of pyridine rings is 1. The van der Waals surface area contributed by atoms with Crippen LogP contribution in [0.1, 0.15) is 28.7 Å². The largest absolute Gasteiger partial charge is 0.308 e. The molecule has 0 saturated carbocycles. The number of rotatable bonds is 3. The first kappa shape index (κ1) is 11.7. The van der Waals surface area contributed by atoms with Crippen LogP contribution < -0.4 is 5.32 Å². The van der Waals surface area contributed by atoms with Crippen LogP contribution in [0.4, 0.5) is 0 Å². The van der Waals surface area contributed by atoms with Gasteiger partial charge in [-0.25, -0.2) is 9.97 Å². The number of hydrogen-bond donors (Lipinski definition) is 1. The zero-order valence-electron chi connectivity index (χ0n) is 10.3. The van der Waals surface area contributed by atoms with E-state index in [1.807, 2.05) is 39.4 Å². The highest BCUT2D eigenvalue weighted by Gasteiger charge is 2.13. The molecule has 4 nitrogen and oxygen atoms in total. The minimum absolute atomic E-state index is 0.0594. The molecule has 0 aromatic carbocycles. The van der Waals surface area contributed by atoms with Gasteiger partial charge in [-0.15, -0.1) is 0 Å². The summed E-state index contributed by atoms with van der Waals surface area (Å²) in [5.74, 6) is 0.781. The molecule has 0 amide bonds. The van der Waals surface area contributed by atoms with Gasteiger partial charge in [0.15, 0.2) is 0 Å². The van der Waals surface area contributed by atoms with Crippen molar-refractivity contribution >= 4 is 0 Å². The number of hydrogen-bond acceptors (Lipinski definition) is 4. The van der Waals surface area contributed by atoms with Gasteiger partial charge in [0.1, 0.15) is 5.82 Å². The zero-order valence-corrected chi connectivity index (χ0v) is 10.3. The zero-order chi connectivity index (χ0) is 12.3. The lowest BCUT2D eigenvalue weighted by atomic mass is 10.0. The fourth-order valence-electron chi connectivity index (χ4n) is 1.86. The van der Waals surface area contributed by atoms with Crippen LogP contribution in [0.15, 0.2) is 30.7 Å². The molecule has 0 aliphatic carbocycles. The Labute approximate surface area is 101 Å². The maximum Gasteiger partial charge on any atom is 0.125 e. The van der Waals surface area contributed by atoms with Crippen molar-refractivity contribution < 1.29 is 0 Å². The molecule has 2 heterocycles. The number of nitrogens with zero attached hydrogens (tertiary/aromatic N) is 3. The van der Waals surface area contributed by atoms with Crippen LogP contribution in [0.25, 0.3) is 0 Å². The lowest BCUT2D eigenvalue weighted by Crippen LogP contribution is -2.19. The highest BCUT2D eigenvalue weighted by atomic mass is 14.9. The molecule has 17 heavy (non-hydrogen) atoms. The van der Waals surface area contributed by atoms with Crippen molar-refractivity contribution in [2.75, 3.05) is 7.05 Å². The maximum atomic E-state index is 4.45. The topological polar surface area (TPSA) is 50.7 Å². The van der Waals surface area contributed by atoms with Gasteiger partial charge in [-0.3, -0.25) is 4.98 Å². The third-order valence-electron chi connectivity index (χ3n) is 2.61. The Hall–Kier alpha value is -1.81. The SMILES string of the molecule is CNC(c1cncc(C)c1)c1ccnc(C)n1. The van der Waals surface area contributed by atoms with Crippen LogP contribution in [0.5, 0.6) is 0 Å². The normalized spacial score (nSPS) is 12.4. The van der Waals surface area contributed by atoms with E-state index in [9.17, 15) is 0 Å². The summed E-state index contributed by atoms with van der Waals surface area (Å²) in [5.41, 5.74) is 3.23. The summed E-state index contributed by atoms with van der Waals surface area (Å²) in [6.07, 6.45) is 5.50. The molecule has 88 valence electrons. The van der Waals surface area contributed by atoms with Crippen LogP contribution in [-0.2, 0) is 0 Å². The van der Waals surface area contributed by atoms with Crippen LogP contribution in [0.3, 0.4) is 0 Å². The van der Waals surface area contributed by atoms with Crippen molar-refractivity contribution in [2.24, 2.45) is 0 Å². The summed E-state index contributed by atoms with van der Waals surface area (Å²) in [6.45, 7) is 3.93. The van der Waals surface area contributed by atoms with Crippen LogP contribution in [0.2, 0.25) is 0 Å². The molecular weight excluding hydrogens is 212 g/mol. The highest BCUT2D eigenvalue weighted by Crippen LogP contribution is 2.19. The van der Waals surface area contributed by atoms with Crippen molar-refractivity contribution in [1.82, 2.24) is 20.3 Å². The first-order valence-corrected chi connectivity index (χ1v) is 5.59. The quantitative estimate of drug-likeness (QED) is 0.870. The van der Waals surface area contributed by atoms with E-state index in [1.54, 1.807) is 6.20 Å². The number of aromatic nitrogens is 3. The molecule has 1 atom stereocenters. The van der Waals surface area contributed by atoms with Gasteiger partial charge in [0.25, 0.3) is 0 Å². The predicted octanol–water partition coefficient (Wildman–Crippen LogP) is 1.80. The molecule has 0 bridgehead atoms. The summed E-state index contributed by atoms with van der Waals surface area (Å²) in [7, 11) is 1.92. The van der Waals surface area contributed by atoms with E-state index >= 15 is 0 Å². The van der Waals surface area contributed by atoms with E-state index in [0.717, 1.165) is 22.6 Å². The predicted molar refractivity (Wildman–Crippen MR) is 66.6 cm³/mol. The van der Waals surface area contributed by atoms with Crippen LogP contribution in [-0.4, -0.2) is 22.0 Å². The molecule has 0 fully saturated rings. The van der Waals surface area contributed by atoms with Crippen molar-refractivity contribution in [2.45, 2.75) is 19.9 Å². The van der Waals surface area contributed by atoms with E-state index in [2.05, 4.69) is 26.3 Å². The Morgan fingerprint density at radius 3 is 2.71 bits per heavy atom. The van der Waals surface area contributed by atoms with Crippen LogP contribution in [0, 0.1) is 13.8 Å². The first-order chi connectivity index (χ1) is 8.20. The summed E-state index contributed by atoms with van der Waals surface area (Å²) < 4.78 is 0. The summed E-state index contributed by atoms with van der Waals surface area (Å²) in [4.78, 5) is 12.8. The van der Waals surface area contributed by atoms with Gasteiger partial charge in [0.2, 0.25) is 0 Å². The lowest BCUT2D eigenvalue weighted by molar-refractivity contribution is 0.661. The van der Waals surface area contributed by atoms with Crippen molar-refractivity contribution in [3.63, 3.8) is 0 Å². The number of aryl methyl sites for hydroxylation is 2. The van der Waals surface area contributed by atoms with Crippen molar-refractivity contribution in [1.29, 1.82) is 0 Å². The minimum atomic E-state index is 0.0594. The molecule has 2 rings (SSSR count). The Morgan fingerprint density at radius 2 is 2.06 bits per heavy atom. The van der Waals surface area contributed by atoms with Gasteiger partial charge in [-0.05, 0) is 38.1 Å². The van der Waals surface area contributed by atoms with E-state index in [0.29, 0.717) is 0 Å². The molecule has 0 saturated heterocycles. The van der Waals surface area contributed by atoms with Gasteiger partial charge in [-0.2, -0.15) is 0 Å². The maximum absolute atomic E-state index is 4.45. The fourth-order valence-corrected chi connectivity index (χ4v) is 1.86. The Kier molecular flexibility index (Phi) is 3.44. The third-order valence-corrected chi connectivity index (χ3v) is 2.61. The minimum Gasteiger partial charge on any atom is -0.308 e. The lowest BCUT2D eigenvalue weighted by Gasteiger charge is -2.16. The van der Waals surface area contributed by atoms with E-state index in [4.69, 9.17) is 0 Å². The Balaban J connectivity index is 2.40. The van der Waals surface area contributed by atoms with E-state index in [-0.39, 0.29) is 6.04 Å². The van der Waals surface area contributed by atoms with E-state index in [1.165, 1.54) is 0 Å². The molecule has 2 aromatic heterocycles. The molecular formula is C13H16N4. The van der Waals surface area contributed by atoms with Gasteiger partial charge in [-0.1, -0.05) is 6.07 Å². The fraction of sp³-hybridized carbons (Fsp3) is 0.308. The monoisotopic (exact) mass is 228 g/mol. The van der Waals surface area contributed by atoms with E-state index < -0.39 is 0 Å². The second-order valence-corrected chi connectivity index (χ2v) is 4.05. The molecule has 0 spiro atoms. The standard InChI is InChI=1S/C13H16N4/c1-9-6-11(8-15-7-9)13(14-3)12-4-5-16-10(2)17-12/h4-8,13-14H,1-3H3. The molecule has 0 radical (unpaired) electrons. The van der Waals surface area contributed by atoms with Crippen molar-refractivity contribution in [3.05, 3.63) is 53.4 Å². The summed E-state index contributed by atoms with van der Waals surface area (Å²) in [6, 6.07) is 4.10. The number of nitrogens with one attached hydrogen (secondary N) is 1. The van der Waals surface area contributed by atoms with Gasteiger partial charge >= 0.3 is 0 Å². The Morgan fingerprint density at radius 1 is 1.24 bits per heavy atom. The molecule has 1 N–H and O–H groups in total.